The summed E-state index contributed by atoms with van der Waals surface area (Å²) in [6, 6.07) is 10.1. The highest BCUT2D eigenvalue weighted by Gasteiger charge is 2.26. The van der Waals surface area contributed by atoms with Crippen LogP contribution in [0.2, 0.25) is 0 Å². The van der Waals surface area contributed by atoms with Gasteiger partial charge in [-0.25, -0.2) is 4.98 Å². The molecule has 1 atom stereocenters. The van der Waals surface area contributed by atoms with Crippen molar-refractivity contribution >= 4 is 33.3 Å². The minimum absolute atomic E-state index is 0.0627. The van der Waals surface area contributed by atoms with Crippen LogP contribution in [0.25, 0.3) is 10.2 Å². The molecule has 1 aliphatic carbocycles. The molecule has 1 aromatic carbocycles. The van der Waals surface area contributed by atoms with Crippen molar-refractivity contribution in [1.29, 1.82) is 0 Å². The van der Waals surface area contributed by atoms with Gasteiger partial charge >= 0.3 is 0 Å². The van der Waals surface area contributed by atoms with Crippen LogP contribution in [-0.4, -0.2) is 32.4 Å². The minimum Gasteiger partial charge on any atom is -0.376 e. The number of benzene rings is 1. The van der Waals surface area contributed by atoms with Crippen LogP contribution in [0.3, 0.4) is 0 Å². The summed E-state index contributed by atoms with van der Waals surface area (Å²) >= 11 is 3.15. The number of thiophene rings is 1. The van der Waals surface area contributed by atoms with E-state index >= 15 is 0 Å². The molecule has 2 aliphatic rings. The third-order valence-electron chi connectivity index (χ3n) is 6.24. The lowest BCUT2D eigenvalue weighted by atomic mass is 10.1. The lowest BCUT2D eigenvalue weighted by Crippen LogP contribution is -2.28. The van der Waals surface area contributed by atoms with Gasteiger partial charge in [-0.15, -0.1) is 11.3 Å². The molecule has 1 fully saturated rings. The average molecular weight is 481 g/mol. The Morgan fingerprint density at radius 2 is 2.06 bits per heavy atom. The second-order valence-electron chi connectivity index (χ2n) is 8.54. The molecule has 1 aliphatic heterocycles. The molecule has 1 saturated heterocycles. The zero-order valence-corrected chi connectivity index (χ0v) is 19.8. The molecule has 9 heteroatoms. The van der Waals surface area contributed by atoms with Gasteiger partial charge in [0.15, 0.2) is 11.0 Å². The smallest absolute Gasteiger partial charge is 0.263 e. The first-order chi connectivity index (χ1) is 16.2. The maximum atomic E-state index is 13.6. The molecule has 4 heterocycles. The molecule has 170 valence electrons. The van der Waals surface area contributed by atoms with E-state index in [1.54, 1.807) is 11.3 Å². The quantitative estimate of drug-likeness (QED) is 0.286. The number of hydrogen-bond acceptors (Lipinski definition) is 8. The van der Waals surface area contributed by atoms with Crippen molar-refractivity contribution in [2.45, 2.75) is 62.1 Å². The van der Waals surface area contributed by atoms with Gasteiger partial charge < -0.3 is 9.26 Å². The van der Waals surface area contributed by atoms with Gasteiger partial charge in [0, 0.05) is 17.9 Å². The lowest BCUT2D eigenvalue weighted by Gasteiger charge is -2.15. The number of fused-ring (bicyclic) bond motifs is 3. The van der Waals surface area contributed by atoms with Crippen molar-refractivity contribution in [3.63, 3.8) is 0 Å². The Morgan fingerprint density at radius 1 is 1.15 bits per heavy atom. The monoisotopic (exact) mass is 480 g/mol. The molecule has 0 saturated carbocycles. The molecule has 0 radical (unpaired) electrons. The Balaban J connectivity index is 1.27. The highest BCUT2D eigenvalue weighted by atomic mass is 32.2. The van der Waals surface area contributed by atoms with E-state index in [1.165, 1.54) is 22.2 Å². The Hall–Kier alpha value is -2.49. The predicted molar refractivity (Wildman–Crippen MR) is 128 cm³/mol. The highest BCUT2D eigenvalue weighted by Crippen LogP contribution is 2.36. The van der Waals surface area contributed by atoms with Gasteiger partial charge in [-0.2, -0.15) is 4.98 Å². The first kappa shape index (κ1) is 21.1. The molecule has 4 aromatic rings. The standard InChI is InChI=1S/C24H24N4O3S2/c29-23-21-17-9-4-10-18(17)33-22(21)26-24(28(23)13-16-8-5-11-30-16)32-14-20-25-19(27-31-20)12-15-6-2-1-3-7-15/h1-3,6-7,16H,4-5,8-14H2. The fraction of sp³-hybridized carbons (Fsp3) is 0.417. The molecule has 0 spiro atoms. The van der Waals surface area contributed by atoms with Crippen LogP contribution in [0.1, 0.15) is 47.0 Å². The van der Waals surface area contributed by atoms with Gasteiger partial charge in [-0.1, -0.05) is 47.3 Å². The van der Waals surface area contributed by atoms with Gasteiger partial charge in [0.1, 0.15) is 4.83 Å². The number of rotatable bonds is 7. The summed E-state index contributed by atoms with van der Waals surface area (Å²) in [6.07, 6.45) is 5.86. The summed E-state index contributed by atoms with van der Waals surface area (Å²) in [5.41, 5.74) is 2.42. The van der Waals surface area contributed by atoms with Crippen LogP contribution in [0.4, 0.5) is 0 Å². The highest BCUT2D eigenvalue weighted by molar-refractivity contribution is 7.98. The summed E-state index contributed by atoms with van der Waals surface area (Å²) < 4.78 is 13.1. The summed E-state index contributed by atoms with van der Waals surface area (Å²) in [7, 11) is 0. The molecule has 1 unspecified atom stereocenters. The first-order valence-electron chi connectivity index (χ1n) is 11.4. The van der Waals surface area contributed by atoms with E-state index in [9.17, 15) is 4.79 Å². The minimum atomic E-state index is 0.0627. The second-order valence-corrected chi connectivity index (χ2v) is 10.6. The van der Waals surface area contributed by atoms with Crippen molar-refractivity contribution < 1.29 is 9.26 Å². The van der Waals surface area contributed by atoms with Gasteiger partial charge in [0.05, 0.1) is 23.8 Å². The fourth-order valence-corrected chi connectivity index (χ4v) is 6.80. The molecule has 7 nitrogen and oxygen atoms in total. The number of nitrogens with zero attached hydrogens (tertiary/aromatic N) is 4. The predicted octanol–water partition coefficient (Wildman–Crippen LogP) is 4.39. The van der Waals surface area contributed by atoms with E-state index in [-0.39, 0.29) is 11.7 Å². The van der Waals surface area contributed by atoms with Crippen molar-refractivity contribution in [1.82, 2.24) is 19.7 Å². The normalized spacial score (nSPS) is 17.8. The molecule has 0 N–H and O–H groups in total. The Morgan fingerprint density at radius 3 is 2.91 bits per heavy atom. The maximum Gasteiger partial charge on any atom is 0.263 e. The first-order valence-corrected chi connectivity index (χ1v) is 13.2. The third kappa shape index (κ3) is 4.25. The molecule has 3 aromatic heterocycles. The zero-order valence-electron chi connectivity index (χ0n) is 18.2. The van der Waals surface area contributed by atoms with E-state index in [4.69, 9.17) is 14.2 Å². The van der Waals surface area contributed by atoms with Crippen LogP contribution >= 0.6 is 23.1 Å². The second kappa shape index (κ2) is 9.04. The van der Waals surface area contributed by atoms with Crippen LogP contribution in [0.5, 0.6) is 0 Å². The molecule has 6 rings (SSSR count). The largest absolute Gasteiger partial charge is 0.376 e. The molecule has 33 heavy (non-hydrogen) atoms. The van der Waals surface area contributed by atoms with Crippen LogP contribution < -0.4 is 5.56 Å². The lowest BCUT2D eigenvalue weighted by molar-refractivity contribution is 0.0937. The molecular formula is C24H24N4O3S2. The fourth-order valence-electron chi connectivity index (χ4n) is 4.65. The van der Waals surface area contributed by atoms with Crippen molar-refractivity contribution in [2.24, 2.45) is 0 Å². The Labute approximate surface area is 199 Å². The summed E-state index contributed by atoms with van der Waals surface area (Å²) in [5, 5.41) is 5.64. The van der Waals surface area contributed by atoms with Crippen molar-refractivity contribution in [2.75, 3.05) is 6.61 Å². The molecular weight excluding hydrogens is 456 g/mol. The number of thioether (sulfide) groups is 1. The van der Waals surface area contributed by atoms with Crippen LogP contribution in [-0.2, 0) is 36.3 Å². The van der Waals surface area contributed by atoms with E-state index < -0.39 is 0 Å². The maximum absolute atomic E-state index is 13.6. The number of hydrogen-bond donors (Lipinski definition) is 0. The van der Waals surface area contributed by atoms with Crippen LogP contribution in [0, 0.1) is 0 Å². The summed E-state index contributed by atoms with van der Waals surface area (Å²) in [6.45, 7) is 1.30. The molecule has 0 bridgehead atoms. The van der Waals surface area contributed by atoms with Gasteiger partial charge in [0.2, 0.25) is 5.89 Å². The molecule has 0 amide bonds. The zero-order chi connectivity index (χ0) is 22.2. The SMILES string of the molecule is O=c1c2c3c(sc2nc(SCc2nc(Cc4ccccc4)no2)n1CC1CCCO1)CCC3. The summed E-state index contributed by atoms with van der Waals surface area (Å²) in [4.78, 5) is 25.2. The van der Waals surface area contributed by atoms with Gasteiger partial charge in [-0.05, 0) is 43.2 Å². The van der Waals surface area contributed by atoms with E-state index in [2.05, 4.69) is 10.1 Å². The van der Waals surface area contributed by atoms with Crippen LogP contribution in [0.15, 0.2) is 44.8 Å². The van der Waals surface area contributed by atoms with E-state index in [0.717, 1.165) is 54.5 Å². The Kier molecular flexibility index (Phi) is 5.77. The van der Waals surface area contributed by atoms with Crippen molar-refractivity contribution in [3.8, 4) is 0 Å². The van der Waals surface area contributed by atoms with Gasteiger partial charge in [0.25, 0.3) is 5.56 Å². The summed E-state index contributed by atoms with van der Waals surface area (Å²) in [5.74, 6) is 1.67. The Bertz CT molecular complexity index is 1340. The number of aryl methyl sites for hydroxylation is 2. The van der Waals surface area contributed by atoms with Crippen molar-refractivity contribution in [3.05, 3.63) is 68.4 Å². The van der Waals surface area contributed by atoms with E-state index in [0.29, 0.717) is 35.6 Å². The van der Waals surface area contributed by atoms with E-state index in [1.807, 2.05) is 34.9 Å². The van der Waals surface area contributed by atoms with Gasteiger partial charge in [-0.3, -0.25) is 9.36 Å². The number of ether oxygens (including phenoxy) is 1. The number of aromatic nitrogens is 4. The average Bonchev–Trinajstić information content (AvgIpc) is 3.60. The third-order valence-corrected chi connectivity index (χ3v) is 8.39. The topological polar surface area (TPSA) is 83.0 Å².